The van der Waals surface area contributed by atoms with Gasteiger partial charge >= 0.3 is 11.9 Å². The van der Waals surface area contributed by atoms with E-state index in [9.17, 15) is 9.59 Å². The molecule has 0 aromatic heterocycles. The summed E-state index contributed by atoms with van der Waals surface area (Å²) < 4.78 is 21.4. The molecule has 0 saturated heterocycles. The largest absolute Gasteiger partial charge is 0.493 e. The highest BCUT2D eigenvalue weighted by Gasteiger charge is 2.23. The standard InChI is InChI=1S/C27H28O6/c1-5-10-22(27(29)32-17-30-3)23-16-24(31-4)26(33-18(2)28)25-20(13-9-14-21(23)25)15-19-11-7-6-8-12-19/h6-14,16H,5,15,17H2,1-4H3/b22-10-. The first-order valence-corrected chi connectivity index (χ1v) is 10.7. The third kappa shape index (κ3) is 5.59. The van der Waals surface area contributed by atoms with Crippen LogP contribution < -0.4 is 9.47 Å². The maximum atomic E-state index is 12.9. The van der Waals surface area contributed by atoms with Crippen molar-refractivity contribution in [1.29, 1.82) is 0 Å². The molecule has 0 aliphatic heterocycles. The van der Waals surface area contributed by atoms with Crippen molar-refractivity contribution in [1.82, 2.24) is 0 Å². The molecule has 3 aromatic carbocycles. The zero-order valence-electron chi connectivity index (χ0n) is 19.3. The number of fused-ring (bicyclic) bond motifs is 1. The van der Waals surface area contributed by atoms with Crippen molar-refractivity contribution < 1.29 is 28.5 Å². The number of ether oxygens (including phenoxy) is 4. The minimum Gasteiger partial charge on any atom is -0.493 e. The summed E-state index contributed by atoms with van der Waals surface area (Å²) in [5.41, 5.74) is 3.07. The summed E-state index contributed by atoms with van der Waals surface area (Å²) in [7, 11) is 2.96. The van der Waals surface area contributed by atoms with Gasteiger partial charge in [0.05, 0.1) is 12.7 Å². The molecule has 172 valence electrons. The maximum Gasteiger partial charge on any atom is 0.340 e. The number of carbonyl (C=O) groups excluding carboxylic acids is 2. The van der Waals surface area contributed by atoms with E-state index in [0.29, 0.717) is 40.9 Å². The van der Waals surface area contributed by atoms with E-state index in [1.54, 1.807) is 6.07 Å². The third-order valence-electron chi connectivity index (χ3n) is 5.10. The van der Waals surface area contributed by atoms with Crippen LogP contribution in [0.1, 0.15) is 37.0 Å². The second-order valence-corrected chi connectivity index (χ2v) is 7.42. The predicted octanol–water partition coefficient (Wildman–Crippen LogP) is 5.31. The van der Waals surface area contributed by atoms with E-state index in [-0.39, 0.29) is 6.79 Å². The molecule has 0 aliphatic rings. The van der Waals surface area contributed by atoms with Gasteiger partial charge in [-0.15, -0.1) is 0 Å². The molecular weight excluding hydrogens is 420 g/mol. The Morgan fingerprint density at radius 2 is 1.76 bits per heavy atom. The fraction of sp³-hybridized carbons (Fsp3) is 0.259. The highest BCUT2D eigenvalue weighted by atomic mass is 16.7. The number of esters is 2. The molecule has 0 saturated carbocycles. The van der Waals surface area contributed by atoms with Crippen LogP contribution in [-0.2, 0) is 25.5 Å². The van der Waals surface area contributed by atoms with Gasteiger partial charge in [-0.05, 0) is 35.4 Å². The molecule has 0 radical (unpaired) electrons. The Morgan fingerprint density at radius 3 is 2.39 bits per heavy atom. The van der Waals surface area contributed by atoms with Gasteiger partial charge in [-0.25, -0.2) is 4.79 Å². The van der Waals surface area contributed by atoms with Crippen LogP contribution in [0.2, 0.25) is 0 Å². The molecule has 6 heteroatoms. The Morgan fingerprint density at radius 1 is 1.00 bits per heavy atom. The summed E-state index contributed by atoms with van der Waals surface area (Å²) in [6, 6.07) is 17.5. The van der Waals surface area contributed by atoms with Crippen LogP contribution in [0, 0.1) is 0 Å². The van der Waals surface area contributed by atoms with Crippen LogP contribution in [-0.4, -0.2) is 33.0 Å². The molecule has 0 spiro atoms. The van der Waals surface area contributed by atoms with Crippen molar-refractivity contribution in [2.24, 2.45) is 0 Å². The van der Waals surface area contributed by atoms with Crippen molar-refractivity contribution in [2.75, 3.05) is 21.0 Å². The second-order valence-electron chi connectivity index (χ2n) is 7.42. The van der Waals surface area contributed by atoms with E-state index in [2.05, 4.69) is 0 Å². The van der Waals surface area contributed by atoms with Crippen molar-refractivity contribution in [3.63, 3.8) is 0 Å². The van der Waals surface area contributed by atoms with Gasteiger partial charge in [0.15, 0.2) is 18.3 Å². The zero-order valence-corrected chi connectivity index (χ0v) is 19.3. The van der Waals surface area contributed by atoms with E-state index in [1.807, 2.05) is 61.5 Å². The van der Waals surface area contributed by atoms with Gasteiger partial charge in [-0.2, -0.15) is 0 Å². The van der Waals surface area contributed by atoms with Crippen molar-refractivity contribution in [2.45, 2.75) is 26.7 Å². The quantitative estimate of drug-likeness (QED) is 0.191. The molecule has 0 fully saturated rings. The van der Waals surface area contributed by atoms with E-state index >= 15 is 0 Å². The molecule has 0 bridgehead atoms. The first kappa shape index (κ1) is 24.0. The van der Waals surface area contributed by atoms with Gasteiger partial charge in [-0.1, -0.05) is 61.5 Å². The van der Waals surface area contributed by atoms with Crippen LogP contribution in [0.15, 0.2) is 60.7 Å². The van der Waals surface area contributed by atoms with Crippen LogP contribution >= 0.6 is 0 Å². The van der Waals surface area contributed by atoms with Gasteiger partial charge in [0.1, 0.15) is 0 Å². The summed E-state index contributed by atoms with van der Waals surface area (Å²) in [6.07, 6.45) is 3.04. The maximum absolute atomic E-state index is 12.9. The topological polar surface area (TPSA) is 71.1 Å². The molecule has 33 heavy (non-hydrogen) atoms. The number of allylic oxidation sites excluding steroid dienone is 1. The van der Waals surface area contributed by atoms with Crippen LogP contribution in [0.25, 0.3) is 16.3 Å². The van der Waals surface area contributed by atoms with E-state index < -0.39 is 11.9 Å². The summed E-state index contributed by atoms with van der Waals surface area (Å²) in [5, 5.41) is 1.47. The molecule has 3 aromatic rings. The Kier molecular flexibility index (Phi) is 8.22. The van der Waals surface area contributed by atoms with E-state index in [4.69, 9.17) is 18.9 Å². The molecule has 0 unspecified atom stereocenters. The normalized spacial score (nSPS) is 11.3. The van der Waals surface area contributed by atoms with Gasteiger partial charge in [0, 0.05) is 25.0 Å². The molecule has 0 heterocycles. The lowest BCUT2D eigenvalue weighted by molar-refractivity contribution is -0.146. The third-order valence-corrected chi connectivity index (χ3v) is 5.10. The summed E-state index contributed by atoms with van der Waals surface area (Å²) in [6.45, 7) is 3.14. The average Bonchev–Trinajstić information content (AvgIpc) is 2.82. The number of hydrogen-bond acceptors (Lipinski definition) is 6. The zero-order chi connectivity index (χ0) is 23.8. The van der Waals surface area contributed by atoms with Crippen molar-refractivity contribution >= 4 is 28.3 Å². The first-order valence-electron chi connectivity index (χ1n) is 10.7. The molecule has 0 amide bonds. The molecular formula is C27H28O6. The Hall–Kier alpha value is -3.64. The van der Waals surface area contributed by atoms with Gasteiger partial charge in [-0.3, -0.25) is 4.79 Å². The highest BCUT2D eigenvalue weighted by molar-refractivity contribution is 6.21. The minimum absolute atomic E-state index is 0.153. The monoisotopic (exact) mass is 448 g/mol. The fourth-order valence-corrected chi connectivity index (χ4v) is 3.77. The number of rotatable bonds is 9. The number of methoxy groups -OCH3 is 2. The Bertz CT molecular complexity index is 1160. The lowest BCUT2D eigenvalue weighted by Crippen LogP contribution is -2.11. The molecule has 0 atom stereocenters. The van der Waals surface area contributed by atoms with E-state index in [1.165, 1.54) is 21.1 Å². The van der Waals surface area contributed by atoms with Gasteiger partial charge in [0.25, 0.3) is 0 Å². The predicted molar refractivity (Wildman–Crippen MR) is 127 cm³/mol. The summed E-state index contributed by atoms with van der Waals surface area (Å²) in [4.78, 5) is 24.8. The molecule has 6 nitrogen and oxygen atoms in total. The van der Waals surface area contributed by atoms with Crippen LogP contribution in [0.5, 0.6) is 11.5 Å². The first-order chi connectivity index (χ1) is 16.0. The van der Waals surface area contributed by atoms with Gasteiger partial charge in [0.2, 0.25) is 0 Å². The van der Waals surface area contributed by atoms with Gasteiger partial charge < -0.3 is 18.9 Å². The molecule has 3 rings (SSSR count). The number of hydrogen-bond donors (Lipinski definition) is 0. The molecule has 0 aliphatic carbocycles. The fourth-order valence-electron chi connectivity index (χ4n) is 3.77. The van der Waals surface area contributed by atoms with Crippen molar-refractivity contribution in [3.8, 4) is 11.5 Å². The summed E-state index contributed by atoms with van der Waals surface area (Å²) >= 11 is 0. The number of benzene rings is 3. The number of carbonyl (C=O) groups is 2. The Labute approximate surface area is 193 Å². The summed E-state index contributed by atoms with van der Waals surface area (Å²) in [5.74, 6) is -0.275. The smallest absolute Gasteiger partial charge is 0.340 e. The lowest BCUT2D eigenvalue weighted by atomic mass is 9.91. The minimum atomic E-state index is -0.504. The van der Waals surface area contributed by atoms with E-state index in [0.717, 1.165) is 16.5 Å². The SMILES string of the molecule is CC/C=C(\C(=O)OCOC)c1cc(OC)c(OC(C)=O)c2c(Cc3ccccc3)cccc12. The van der Waals surface area contributed by atoms with Crippen LogP contribution in [0.4, 0.5) is 0 Å². The average molecular weight is 449 g/mol. The second kappa shape index (κ2) is 11.3. The lowest BCUT2D eigenvalue weighted by Gasteiger charge is -2.19. The Balaban J connectivity index is 2.31. The molecule has 0 N–H and O–H groups in total. The van der Waals surface area contributed by atoms with Crippen LogP contribution in [0.3, 0.4) is 0 Å². The van der Waals surface area contributed by atoms with Crippen molar-refractivity contribution in [3.05, 3.63) is 77.4 Å². The highest BCUT2D eigenvalue weighted by Crippen LogP contribution is 2.43.